The number of epoxide rings is 1. The van der Waals surface area contributed by atoms with E-state index in [1.165, 1.54) is 13.8 Å². The van der Waals surface area contributed by atoms with Gasteiger partial charge < -0.3 is 34.6 Å². The number of allylic oxidation sites excluding steroid dienone is 2. The molecule has 9 nitrogen and oxygen atoms in total. The Morgan fingerprint density at radius 3 is 2.62 bits per heavy atom. The first-order chi connectivity index (χ1) is 18.1. The molecule has 0 saturated carbocycles. The van der Waals surface area contributed by atoms with Crippen LogP contribution < -0.4 is 0 Å². The van der Waals surface area contributed by atoms with Crippen LogP contribution in [-0.4, -0.2) is 80.2 Å². The van der Waals surface area contributed by atoms with Gasteiger partial charge in [0.05, 0.1) is 36.4 Å². The number of carbonyl (C=O) groups excluding carboxylic acids is 2. The van der Waals surface area contributed by atoms with E-state index in [0.717, 1.165) is 0 Å². The van der Waals surface area contributed by atoms with Crippen molar-refractivity contribution in [1.29, 1.82) is 0 Å². The van der Waals surface area contributed by atoms with E-state index in [2.05, 4.69) is 0 Å². The first kappa shape index (κ1) is 33.2. The normalized spacial score (nSPS) is 36.6. The predicted octanol–water partition coefficient (Wildman–Crippen LogP) is 3.14. The highest BCUT2D eigenvalue weighted by molar-refractivity contribution is 5.70. The lowest BCUT2D eigenvalue weighted by Gasteiger charge is -2.32. The molecule has 0 aromatic carbocycles. The SMILES string of the molecule is CCC(O)C(C)C1OC1CC(C)(O)/C=C/C=C(\C)C1OC(=O)CC(O)CCC(C)(O)C(OC(C)=O)/C=C\C1C. The molecule has 0 bridgehead atoms. The largest absolute Gasteiger partial charge is 0.457 e. The molecule has 39 heavy (non-hydrogen) atoms. The number of aliphatic hydroxyl groups is 4. The van der Waals surface area contributed by atoms with E-state index < -0.39 is 47.6 Å². The summed E-state index contributed by atoms with van der Waals surface area (Å²) in [5, 5.41) is 42.2. The molecular formula is C30H48O9. The summed E-state index contributed by atoms with van der Waals surface area (Å²) in [4.78, 5) is 24.3. The van der Waals surface area contributed by atoms with Crippen molar-refractivity contribution in [2.24, 2.45) is 11.8 Å². The van der Waals surface area contributed by atoms with Gasteiger partial charge in [-0.05, 0) is 51.7 Å². The third-order valence-electron chi connectivity index (χ3n) is 7.66. The first-order valence-electron chi connectivity index (χ1n) is 13.9. The number of esters is 2. The van der Waals surface area contributed by atoms with Gasteiger partial charge in [0.25, 0.3) is 0 Å². The van der Waals surface area contributed by atoms with Crippen molar-refractivity contribution in [2.45, 2.75) is 128 Å². The zero-order chi connectivity index (χ0) is 29.5. The minimum Gasteiger partial charge on any atom is -0.457 e. The molecular weight excluding hydrogens is 504 g/mol. The second kappa shape index (κ2) is 14.0. The molecule has 0 aromatic heterocycles. The molecule has 2 heterocycles. The van der Waals surface area contributed by atoms with Crippen LogP contribution in [0.2, 0.25) is 0 Å². The van der Waals surface area contributed by atoms with Gasteiger partial charge in [0.2, 0.25) is 0 Å². The molecule has 0 radical (unpaired) electrons. The Labute approximate surface area is 232 Å². The standard InChI is InChI=1S/C30H48O9/c1-8-23(33)20(4)28-24(38-28)17-29(6,35)14-9-10-18(2)27-19(3)11-12-25(37-21(5)31)30(7,36)15-13-22(32)16-26(34)39-27/h9-12,14,19-20,22-25,27-28,32-33,35-36H,8,13,15-17H2,1-7H3/b12-11-,14-9+,18-10+. The summed E-state index contributed by atoms with van der Waals surface area (Å²) in [6.07, 6.45) is 6.23. The molecule has 1 saturated heterocycles. The highest BCUT2D eigenvalue weighted by Crippen LogP contribution is 2.37. The Morgan fingerprint density at radius 1 is 1.33 bits per heavy atom. The molecule has 0 aliphatic carbocycles. The van der Waals surface area contributed by atoms with E-state index in [-0.39, 0.29) is 43.3 Å². The summed E-state index contributed by atoms with van der Waals surface area (Å²) in [6.45, 7) is 12.0. The molecule has 2 aliphatic heterocycles. The Balaban J connectivity index is 2.18. The lowest BCUT2D eigenvalue weighted by molar-refractivity contribution is -0.157. The Morgan fingerprint density at radius 2 is 2.00 bits per heavy atom. The lowest BCUT2D eigenvalue weighted by atomic mass is 9.88. The number of rotatable bonds is 9. The Kier molecular flexibility index (Phi) is 11.9. The fourth-order valence-corrected chi connectivity index (χ4v) is 4.98. The maximum atomic E-state index is 12.6. The lowest BCUT2D eigenvalue weighted by Crippen LogP contribution is -2.42. The summed E-state index contributed by atoms with van der Waals surface area (Å²) in [5.74, 6) is -1.46. The van der Waals surface area contributed by atoms with Crippen molar-refractivity contribution < 1.29 is 44.2 Å². The molecule has 10 atom stereocenters. The maximum Gasteiger partial charge on any atom is 0.309 e. The minimum atomic E-state index is -1.43. The van der Waals surface area contributed by atoms with E-state index in [1.54, 1.807) is 44.2 Å². The third-order valence-corrected chi connectivity index (χ3v) is 7.66. The third kappa shape index (κ3) is 10.5. The number of aliphatic hydroxyl groups excluding tert-OH is 2. The molecule has 4 N–H and O–H groups in total. The molecule has 2 rings (SSSR count). The van der Waals surface area contributed by atoms with Gasteiger partial charge in [-0.25, -0.2) is 0 Å². The summed E-state index contributed by atoms with van der Waals surface area (Å²) < 4.78 is 16.8. The summed E-state index contributed by atoms with van der Waals surface area (Å²) in [5.41, 5.74) is -1.87. The van der Waals surface area contributed by atoms with Crippen molar-refractivity contribution in [2.75, 3.05) is 0 Å². The van der Waals surface area contributed by atoms with Crippen LogP contribution in [0, 0.1) is 11.8 Å². The van der Waals surface area contributed by atoms with Gasteiger partial charge in [-0.1, -0.05) is 45.1 Å². The fraction of sp³-hybridized carbons (Fsp3) is 0.733. The van der Waals surface area contributed by atoms with Gasteiger partial charge in [-0.3, -0.25) is 9.59 Å². The average Bonchev–Trinajstić information content (AvgIpc) is 3.59. The molecule has 9 heteroatoms. The summed E-state index contributed by atoms with van der Waals surface area (Å²) in [7, 11) is 0. The van der Waals surface area contributed by atoms with Crippen molar-refractivity contribution in [3.05, 3.63) is 36.0 Å². The van der Waals surface area contributed by atoms with Crippen molar-refractivity contribution in [3.8, 4) is 0 Å². The topological polar surface area (TPSA) is 146 Å². The van der Waals surface area contributed by atoms with E-state index in [4.69, 9.17) is 14.2 Å². The van der Waals surface area contributed by atoms with Crippen LogP contribution in [0.15, 0.2) is 36.0 Å². The smallest absolute Gasteiger partial charge is 0.309 e. The number of hydrogen-bond donors (Lipinski definition) is 4. The highest BCUT2D eigenvalue weighted by Gasteiger charge is 2.47. The second-order valence-corrected chi connectivity index (χ2v) is 11.7. The summed E-state index contributed by atoms with van der Waals surface area (Å²) >= 11 is 0. The van der Waals surface area contributed by atoms with Crippen LogP contribution in [0.1, 0.15) is 80.6 Å². The van der Waals surface area contributed by atoms with Crippen LogP contribution >= 0.6 is 0 Å². The monoisotopic (exact) mass is 552 g/mol. The van der Waals surface area contributed by atoms with E-state index in [0.29, 0.717) is 18.4 Å². The van der Waals surface area contributed by atoms with Crippen molar-refractivity contribution in [1.82, 2.24) is 0 Å². The number of ether oxygens (including phenoxy) is 3. The average molecular weight is 553 g/mol. The summed E-state index contributed by atoms with van der Waals surface area (Å²) in [6, 6.07) is 0. The molecule has 0 amide bonds. The zero-order valence-electron chi connectivity index (χ0n) is 24.4. The molecule has 1 fully saturated rings. The highest BCUT2D eigenvalue weighted by atomic mass is 16.6. The van der Waals surface area contributed by atoms with Crippen molar-refractivity contribution in [3.63, 3.8) is 0 Å². The van der Waals surface area contributed by atoms with Crippen LogP contribution in [0.5, 0.6) is 0 Å². The molecule has 2 aliphatic rings. The molecule has 0 spiro atoms. The first-order valence-corrected chi connectivity index (χ1v) is 13.9. The fourth-order valence-electron chi connectivity index (χ4n) is 4.98. The molecule has 222 valence electrons. The van der Waals surface area contributed by atoms with Gasteiger partial charge in [0.15, 0.2) is 0 Å². The van der Waals surface area contributed by atoms with Crippen LogP contribution in [0.25, 0.3) is 0 Å². The Hall–Kier alpha value is -2.04. The van der Waals surface area contributed by atoms with Gasteiger partial charge in [0.1, 0.15) is 17.8 Å². The second-order valence-electron chi connectivity index (χ2n) is 11.7. The zero-order valence-corrected chi connectivity index (χ0v) is 24.4. The number of hydrogen-bond acceptors (Lipinski definition) is 9. The molecule has 0 aromatic rings. The molecule has 10 unspecified atom stereocenters. The van der Waals surface area contributed by atoms with E-state index >= 15 is 0 Å². The van der Waals surface area contributed by atoms with Gasteiger partial charge in [0, 0.05) is 25.2 Å². The van der Waals surface area contributed by atoms with Crippen molar-refractivity contribution >= 4 is 11.9 Å². The number of cyclic esters (lactones) is 1. The minimum absolute atomic E-state index is 0.00472. The van der Waals surface area contributed by atoms with Crippen LogP contribution in [0.3, 0.4) is 0 Å². The van der Waals surface area contributed by atoms with Gasteiger partial charge in [-0.15, -0.1) is 0 Å². The predicted molar refractivity (Wildman–Crippen MR) is 146 cm³/mol. The Bertz CT molecular complexity index is 919. The van der Waals surface area contributed by atoms with Gasteiger partial charge >= 0.3 is 11.9 Å². The maximum absolute atomic E-state index is 12.6. The quantitative estimate of drug-likeness (QED) is 0.147. The van der Waals surface area contributed by atoms with Crippen LogP contribution in [-0.2, 0) is 23.8 Å². The van der Waals surface area contributed by atoms with Gasteiger partial charge in [-0.2, -0.15) is 0 Å². The number of carbonyl (C=O) groups is 2. The van der Waals surface area contributed by atoms with Crippen LogP contribution in [0.4, 0.5) is 0 Å². The van der Waals surface area contributed by atoms with E-state index in [1.807, 2.05) is 20.8 Å². The van der Waals surface area contributed by atoms with E-state index in [9.17, 15) is 30.0 Å².